The van der Waals surface area contributed by atoms with Crippen molar-refractivity contribution >= 4 is 5.82 Å². The van der Waals surface area contributed by atoms with E-state index in [0.717, 1.165) is 6.54 Å². The van der Waals surface area contributed by atoms with Crippen LogP contribution in [0.3, 0.4) is 0 Å². The zero-order chi connectivity index (χ0) is 11.8. The zero-order valence-electron chi connectivity index (χ0n) is 9.27. The van der Waals surface area contributed by atoms with Gasteiger partial charge >= 0.3 is 0 Å². The van der Waals surface area contributed by atoms with Crippen LogP contribution in [0.2, 0.25) is 0 Å². The van der Waals surface area contributed by atoms with E-state index >= 15 is 0 Å². The molecule has 1 heterocycles. The second-order valence-corrected chi connectivity index (χ2v) is 3.52. The van der Waals surface area contributed by atoms with E-state index in [1.54, 1.807) is 25.3 Å². The first-order chi connectivity index (χ1) is 7.72. The molecule has 16 heavy (non-hydrogen) atoms. The normalized spacial score (nSPS) is 11.8. The van der Waals surface area contributed by atoms with Crippen molar-refractivity contribution in [3.05, 3.63) is 23.9 Å². The molecule has 0 aliphatic carbocycles. The van der Waals surface area contributed by atoms with Crippen molar-refractivity contribution in [1.29, 1.82) is 5.26 Å². The van der Waals surface area contributed by atoms with Gasteiger partial charge in [-0.3, -0.25) is 0 Å². The van der Waals surface area contributed by atoms with Crippen molar-refractivity contribution in [3.63, 3.8) is 0 Å². The molecule has 0 amide bonds. The Labute approximate surface area is 95.1 Å². The Morgan fingerprint density at radius 1 is 1.56 bits per heavy atom. The van der Waals surface area contributed by atoms with E-state index in [1.807, 2.05) is 0 Å². The quantitative estimate of drug-likeness (QED) is 0.602. The van der Waals surface area contributed by atoms with Gasteiger partial charge in [0, 0.05) is 25.8 Å². The molecule has 0 fully saturated rings. The first-order valence-corrected chi connectivity index (χ1v) is 5.21. The first-order valence-electron chi connectivity index (χ1n) is 5.21. The summed E-state index contributed by atoms with van der Waals surface area (Å²) >= 11 is 0. The van der Waals surface area contributed by atoms with Crippen molar-refractivity contribution < 1.29 is 5.11 Å². The highest BCUT2D eigenvalue weighted by Gasteiger charge is 1.96. The minimum Gasteiger partial charge on any atom is -0.392 e. The van der Waals surface area contributed by atoms with Crippen molar-refractivity contribution in [2.75, 3.05) is 25.0 Å². The molecule has 3 N–H and O–H groups in total. The molecule has 1 atom stereocenters. The minimum absolute atomic E-state index is 0.333. The fraction of sp³-hybridized carbons (Fsp3) is 0.455. The maximum Gasteiger partial charge on any atom is 0.127 e. The first kappa shape index (κ1) is 12.4. The Bertz CT molecular complexity index is 359. The third kappa shape index (κ3) is 4.73. The molecular weight excluding hydrogens is 204 g/mol. The summed E-state index contributed by atoms with van der Waals surface area (Å²) in [6.07, 6.45) is 1.27. The van der Waals surface area contributed by atoms with Crippen molar-refractivity contribution in [2.45, 2.75) is 13.0 Å². The second-order valence-electron chi connectivity index (χ2n) is 3.52. The zero-order valence-corrected chi connectivity index (χ0v) is 9.27. The highest BCUT2D eigenvalue weighted by Crippen LogP contribution is 2.04. The third-order valence-corrected chi connectivity index (χ3v) is 1.94. The molecule has 5 nitrogen and oxygen atoms in total. The largest absolute Gasteiger partial charge is 0.392 e. The lowest BCUT2D eigenvalue weighted by Crippen LogP contribution is -2.29. The van der Waals surface area contributed by atoms with E-state index in [9.17, 15) is 0 Å². The lowest BCUT2D eigenvalue weighted by Gasteiger charge is -2.08. The number of nitriles is 1. The lowest BCUT2D eigenvalue weighted by molar-refractivity contribution is 0.192. The molecule has 1 aromatic heterocycles. The van der Waals surface area contributed by atoms with Gasteiger partial charge < -0.3 is 15.7 Å². The smallest absolute Gasteiger partial charge is 0.127 e. The van der Waals surface area contributed by atoms with Gasteiger partial charge in [-0.1, -0.05) is 0 Å². The number of anilines is 1. The van der Waals surface area contributed by atoms with Crippen LogP contribution < -0.4 is 10.6 Å². The summed E-state index contributed by atoms with van der Waals surface area (Å²) in [4.78, 5) is 4.08. The number of nitrogens with one attached hydrogen (secondary N) is 2. The van der Waals surface area contributed by atoms with Crippen LogP contribution in [-0.2, 0) is 0 Å². The van der Waals surface area contributed by atoms with E-state index in [1.165, 1.54) is 0 Å². The highest BCUT2D eigenvalue weighted by molar-refractivity contribution is 5.42. The number of aliphatic hydroxyl groups is 1. The number of rotatable bonds is 6. The molecule has 0 aliphatic heterocycles. The number of aromatic nitrogens is 1. The van der Waals surface area contributed by atoms with Crippen LogP contribution in [0.1, 0.15) is 12.5 Å². The Morgan fingerprint density at radius 3 is 3.06 bits per heavy atom. The van der Waals surface area contributed by atoms with Crippen LogP contribution in [-0.4, -0.2) is 35.8 Å². The number of aliphatic hydroxyl groups excluding tert-OH is 1. The topological polar surface area (TPSA) is 81.0 Å². The monoisotopic (exact) mass is 220 g/mol. The van der Waals surface area contributed by atoms with Crippen molar-refractivity contribution in [2.24, 2.45) is 0 Å². The third-order valence-electron chi connectivity index (χ3n) is 1.94. The van der Waals surface area contributed by atoms with Gasteiger partial charge in [0.05, 0.1) is 17.7 Å². The number of nitrogens with zero attached hydrogens (tertiary/aromatic N) is 2. The van der Waals surface area contributed by atoms with E-state index in [4.69, 9.17) is 10.4 Å². The van der Waals surface area contributed by atoms with E-state index in [-0.39, 0.29) is 6.10 Å². The molecule has 1 aromatic rings. The summed E-state index contributed by atoms with van der Waals surface area (Å²) in [5, 5.41) is 23.9. The van der Waals surface area contributed by atoms with Gasteiger partial charge in [-0.25, -0.2) is 4.98 Å². The summed E-state index contributed by atoms with van der Waals surface area (Å²) in [6.45, 7) is 3.75. The second kappa shape index (κ2) is 6.77. The molecule has 0 saturated carbocycles. The Hall–Kier alpha value is -1.64. The standard InChI is InChI=1S/C11H16N4O/c1-9(16)8-13-4-5-15-11-6-10(7-12)2-3-14-11/h2-3,6,9,13,16H,4-5,8H2,1H3,(H,14,15). The summed E-state index contributed by atoms with van der Waals surface area (Å²) < 4.78 is 0. The molecule has 0 radical (unpaired) electrons. The number of hydrogen-bond donors (Lipinski definition) is 3. The van der Waals surface area contributed by atoms with Gasteiger partial charge in [-0.2, -0.15) is 5.26 Å². The van der Waals surface area contributed by atoms with E-state index in [2.05, 4.69) is 21.7 Å². The summed E-state index contributed by atoms with van der Waals surface area (Å²) in [7, 11) is 0. The van der Waals surface area contributed by atoms with E-state index < -0.39 is 0 Å². The Balaban J connectivity index is 2.24. The predicted octanol–water partition coefficient (Wildman–Crippen LogP) is 0.336. The average molecular weight is 220 g/mol. The van der Waals surface area contributed by atoms with Gasteiger partial charge in [0.15, 0.2) is 0 Å². The fourth-order valence-corrected chi connectivity index (χ4v) is 1.19. The Morgan fingerprint density at radius 2 is 2.38 bits per heavy atom. The molecule has 0 saturated heterocycles. The van der Waals surface area contributed by atoms with Crippen LogP contribution in [0, 0.1) is 11.3 Å². The minimum atomic E-state index is -0.333. The van der Waals surface area contributed by atoms with Crippen LogP contribution in [0.25, 0.3) is 0 Å². The van der Waals surface area contributed by atoms with E-state index in [0.29, 0.717) is 24.5 Å². The Kier molecular flexibility index (Phi) is 5.26. The lowest BCUT2D eigenvalue weighted by atomic mass is 10.3. The van der Waals surface area contributed by atoms with Crippen LogP contribution in [0.5, 0.6) is 0 Å². The van der Waals surface area contributed by atoms with Crippen molar-refractivity contribution in [1.82, 2.24) is 10.3 Å². The van der Waals surface area contributed by atoms with Gasteiger partial charge in [0.2, 0.25) is 0 Å². The van der Waals surface area contributed by atoms with Crippen LogP contribution in [0.15, 0.2) is 18.3 Å². The molecule has 86 valence electrons. The van der Waals surface area contributed by atoms with Gasteiger partial charge in [0.25, 0.3) is 0 Å². The fourth-order valence-electron chi connectivity index (χ4n) is 1.19. The number of pyridine rings is 1. The summed E-state index contributed by atoms with van der Waals surface area (Å²) in [6, 6.07) is 5.42. The maximum atomic E-state index is 9.01. The summed E-state index contributed by atoms with van der Waals surface area (Å²) in [5.74, 6) is 0.692. The summed E-state index contributed by atoms with van der Waals surface area (Å²) in [5.41, 5.74) is 0.592. The van der Waals surface area contributed by atoms with Gasteiger partial charge in [-0.05, 0) is 19.1 Å². The molecule has 0 aromatic carbocycles. The van der Waals surface area contributed by atoms with Gasteiger partial charge in [0.1, 0.15) is 5.82 Å². The SMILES string of the molecule is CC(O)CNCCNc1cc(C#N)ccn1. The predicted molar refractivity (Wildman–Crippen MR) is 62.0 cm³/mol. The van der Waals surface area contributed by atoms with Crippen molar-refractivity contribution in [3.8, 4) is 6.07 Å². The molecule has 1 rings (SSSR count). The molecule has 0 spiro atoms. The molecular formula is C11H16N4O. The van der Waals surface area contributed by atoms with Crippen LogP contribution in [0.4, 0.5) is 5.82 Å². The molecule has 5 heteroatoms. The molecule has 0 bridgehead atoms. The maximum absolute atomic E-state index is 9.01. The average Bonchev–Trinajstić information content (AvgIpc) is 2.28. The molecule has 0 aliphatic rings. The molecule has 1 unspecified atom stereocenters. The van der Waals surface area contributed by atoms with Crippen LogP contribution >= 0.6 is 0 Å². The van der Waals surface area contributed by atoms with Gasteiger partial charge in [-0.15, -0.1) is 0 Å². The number of hydrogen-bond acceptors (Lipinski definition) is 5. The highest BCUT2D eigenvalue weighted by atomic mass is 16.3.